The molecule has 1 saturated heterocycles. The zero-order chi connectivity index (χ0) is 18.4. The molecule has 0 unspecified atom stereocenters. The van der Waals surface area contributed by atoms with Gasteiger partial charge in [-0.1, -0.05) is 6.92 Å². The summed E-state index contributed by atoms with van der Waals surface area (Å²) in [5.74, 6) is 0. The molecular weight excluding hydrogens is 316 g/mol. The number of nitrogens with one attached hydrogen (secondary N) is 1. The quantitative estimate of drug-likeness (QED) is 0.486. The molecule has 2 rings (SSSR count). The maximum Gasteiger partial charge on any atom is 0.162 e. The number of pyridine rings is 1. The van der Waals surface area contributed by atoms with Crippen molar-refractivity contribution in [3.05, 3.63) is 29.1 Å². The number of aryl methyl sites for hydroxylation is 1. The van der Waals surface area contributed by atoms with Gasteiger partial charge in [0, 0.05) is 38.5 Å². The minimum absolute atomic E-state index is 0.144. The molecule has 1 aromatic heterocycles. The number of nitriles is 1. The first kappa shape index (κ1) is 18.9. The molecule has 1 aliphatic heterocycles. The number of carbonyl (C=O) groups excluding carboxylic acids is 1. The van der Waals surface area contributed by atoms with E-state index in [4.69, 9.17) is 4.74 Å². The number of aromatic nitrogens is 1. The number of likely N-dealkylation sites (tertiary alicyclic amines) is 1. The Morgan fingerprint density at radius 3 is 2.68 bits per heavy atom. The van der Waals surface area contributed by atoms with Crippen LogP contribution in [0.15, 0.2) is 17.8 Å². The molecule has 1 N–H and O–H groups in total. The third kappa shape index (κ3) is 3.99. The highest BCUT2D eigenvalue weighted by Gasteiger charge is 2.32. The van der Waals surface area contributed by atoms with Crippen LogP contribution in [0.25, 0.3) is 5.70 Å². The summed E-state index contributed by atoms with van der Waals surface area (Å²) in [6, 6.07) is 4.03. The van der Waals surface area contributed by atoms with Crippen LogP contribution in [0.3, 0.4) is 0 Å². The summed E-state index contributed by atoms with van der Waals surface area (Å²) in [6.45, 7) is 5.58. The second kappa shape index (κ2) is 8.13. The Balaban J connectivity index is 2.52. The Hall–Kier alpha value is -2.39. The van der Waals surface area contributed by atoms with Gasteiger partial charge in [-0.05, 0) is 32.3 Å². The summed E-state index contributed by atoms with van der Waals surface area (Å²) in [7, 11) is 3.54. The summed E-state index contributed by atoms with van der Waals surface area (Å²) in [6.07, 6.45) is 4.87. The van der Waals surface area contributed by atoms with Crippen molar-refractivity contribution in [2.75, 3.05) is 32.6 Å². The Kier molecular flexibility index (Phi) is 6.16. The number of methoxy groups -OCH3 is 1. The number of rotatable bonds is 6. The summed E-state index contributed by atoms with van der Waals surface area (Å²) in [4.78, 5) is 18.1. The lowest BCUT2D eigenvalue weighted by atomic mass is 9.91. The van der Waals surface area contributed by atoms with E-state index in [-0.39, 0.29) is 11.2 Å². The Morgan fingerprint density at radius 2 is 2.20 bits per heavy atom. The zero-order valence-corrected chi connectivity index (χ0v) is 15.4. The molecule has 0 saturated carbocycles. The van der Waals surface area contributed by atoms with Crippen LogP contribution >= 0.6 is 0 Å². The van der Waals surface area contributed by atoms with Crippen LogP contribution in [0, 0.1) is 11.3 Å². The SMILES string of the molecule is CCc1cc(/C(=C(/C#N)C=O)N2CCC(C)(OC)CC2)c(NC)cn1. The van der Waals surface area contributed by atoms with Crippen LogP contribution < -0.4 is 5.32 Å². The maximum atomic E-state index is 11.6. The lowest BCUT2D eigenvalue weighted by Gasteiger charge is -2.40. The van der Waals surface area contributed by atoms with E-state index in [0.717, 1.165) is 49.3 Å². The molecule has 0 atom stereocenters. The van der Waals surface area contributed by atoms with Gasteiger partial charge in [0.05, 0.1) is 23.2 Å². The monoisotopic (exact) mass is 342 g/mol. The molecule has 0 aliphatic carbocycles. The number of hydrogen-bond acceptors (Lipinski definition) is 6. The van der Waals surface area contributed by atoms with Crippen LogP contribution in [0.2, 0.25) is 0 Å². The molecule has 25 heavy (non-hydrogen) atoms. The molecular formula is C19H26N4O2. The van der Waals surface area contributed by atoms with Gasteiger partial charge in [-0.15, -0.1) is 0 Å². The van der Waals surface area contributed by atoms with E-state index in [9.17, 15) is 10.1 Å². The van der Waals surface area contributed by atoms with Crippen LogP contribution in [0.1, 0.15) is 37.9 Å². The van der Waals surface area contributed by atoms with E-state index in [0.29, 0.717) is 12.0 Å². The number of anilines is 1. The molecule has 2 heterocycles. The number of ether oxygens (including phenoxy) is 1. The van der Waals surface area contributed by atoms with Crippen LogP contribution in [-0.2, 0) is 16.0 Å². The van der Waals surface area contributed by atoms with Gasteiger partial charge in [-0.25, -0.2) is 0 Å². The molecule has 0 spiro atoms. The fourth-order valence-electron chi connectivity index (χ4n) is 3.12. The first-order chi connectivity index (χ1) is 12.0. The van der Waals surface area contributed by atoms with Gasteiger partial charge >= 0.3 is 0 Å². The highest BCUT2D eigenvalue weighted by Crippen LogP contribution is 2.34. The molecule has 6 nitrogen and oxygen atoms in total. The third-order valence-corrected chi connectivity index (χ3v) is 4.97. The minimum Gasteiger partial charge on any atom is -0.386 e. The fourth-order valence-corrected chi connectivity index (χ4v) is 3.12. The van der Waals surface area contributed by atoms with Crippen LogP contribution in [0.4, 0.5) is 5.69 Å². The van der Waals surface area contributed by atoms with E-state index in [2.05, 4.69) is 28.2 Å². The van der Waals surface area contributed by atoms with E-state index in [1.807, 2.05) is 20.0 Å². The molecule has 1 aliphatic rings. The van der Waals surface area contributed by atoms with Crippen LogP contribution in [-0.4, -0.2) is 49.0 Å². The minimum atomic E-state index is -0.158. The topological polar surface area (TPSA) is 78.2 Å². The standard InChI is InChI=1S/C19H26N4O2/c1-5-15-10-16(17(21-3)12-22-15)18(14(11-20)13-24)23-8-6-19(2,25-4)7-9-23/h10,12-13,21H,5-9H2,1-4H3/b18-14+. The Bertz CT molecular complexity index is 698. The normalized spacial score (nSPS) is 17.5. The van der Waals surface area contributed by atoms with Crippen molar-refractivity contribution in [1.29, 1.82) is 5.26 Å². The largest absolute Gasteiger partial charge is 0.386 e. The van der Waals surface area contributed by atoms with Gasteiger partial charge in [0.2, 0.25) is 0 Å². The maximum absolute atomic E-state index is 11.6. The molecule has 134 valence electrons. The van der Waals surface area contributed by atoms with Crippen molar-refractivity contribution in [2.45, 2.75) is 38.7 Å². The molecule has 1 fully saturated rings. The molecule has 0 bridgehead atoms. The van der Waals surface area contributed by atoms with Gasteiger partial charge < -0.3 is 15.0 Å². The predicted molar refractivity (Wildman–Crippen MR) is 98.0 cm³/mol. The first-order valence-corrected chi connectivity index (χ1v) is 8.58. The van der Waals surface area contributed by atoms with Crippen molar-refractivity contribution in [3.8, 4) is 6.07 Å². The number of piperidine rings is 1. The lowest BCUT2D eigenvalue weighted by molar-refractivity contribution is -0.104. The average molecular weight is 342 g/mol. The van der Waals surface area contributed by atoms with Crippen LogP contribution in [0.5, 0.6) is 0 Å². The highest BCUT2D eigenvalue weighted by atomic mass is 16.5. The van der Waals surface area contributed by atoms with Crippen molar-refractivity contribution < 1.29 is 9.53 Å². The number of hydrogen-bond donors (Lipinski definition) is 1. The second-order valence-corrected chi connectivity index (χ2v) is 6.46. The van der Waals surface area contributed by atoms with Gasteiger partial charge in [0.25, 0.3) is 0 Å². The second-order valence-electron chi connectivity index (χ2n) is 6.46. The first-order valence-electron chi connectivity index (χ1n) is 8.58. The van der Waals surface area contributed by atoms with Gasteiger partial charge in [0.1, 0.15) is 11.6 Å². The van der Waals surface area contributed by atoms with Crippen molar-refractivity contribution in [2.24, 2.45) is 0 Å². The summed E-state index contributed by atoms with van der Waals surface area (Å²) >= 11 is 0. The molecule has 0 amide bonds. The summed E-state index contributed by atoms with van der Waals surface area (Å²) in [5.41, 5.74) is 3.24. The van der Waals surface area contributed by atoms with E-state index >= 15 is 0 Å². The van der Waals surface area contributed by atoms with Crippen molar-refractivity contribution in [1.82, 2.24) is 9.88 Å². The smallest absolute Gasteiger partial charge is 0.162 e. The lowest BCUT2D eigenvalue weighted by Crippen LogP contribution is -2.43. The van der Waals surface area contributed by atoms with Gasteiger partial charge in [-0.3, -0.25) is 9.78 Å². The predicted octanol–water partition coefficient (Wildman–Crippen LogP) is 2.62. The van der Waals surface area contributed by atoms with Crippen molar-refractivity contribution >= 4 is 17.7 Å². The van der Waals surface area contributed by atoms with E-state index in [1.54, 1.807) is 13.3 Å². The number of nitrogens with zero attached hydrogens (tertiary/aromatic N) is 3. The van der Waals surface area contributed by atoms with Gasteiger partial charge in [0.15, 0.2) is 6.29 Å². The fraction of sp³-hybridized carbons (Fsp3) is 0.526. The molecule has 0 aromatic carbocycles. The van der Waals surface area contributed by atoms with Gasteiger partial charge in [-0.2, -0.15) is 5.26 Å². The van der Waals surface area contributed by atoms with E-state index < -0.39 is 0 Å². The Morgan fingerprint density at radius 1 is 1.52 bits per heavy atom. The summed E-state index contributed by atoms with van der Waals surface area (Å²) in [5, 5.41) is 12.6. The third-order valence-electron chi connectivity index (χ3n) is 4.97. The number of allylic oxidation sites excluding steroid dienone is 1. The van der Waals surface area contributed by atoms with Crippen molar-refractivity contribution in [3.63, 3.8) is 0 Å². The molecule has 1 aromatic rings. The highest BCUT2D eigenvalue weighted by molar-refractivity contribution is 5.94. The average Bonchev–Trinajstić information content (AvgIpc) is 2.66. The number of aldehydes is 1. The molecule has 0 radical (unpaired) electrons. The summed E-state index contributed by atoms with van der Waals surface area (Å²) < 4.78 is 5.61. The van der Waals surface area contributed by atoms with E-state index in [1.165, 1.54) is 0 Å². The molecule has 6 heteroatoms. The number of carbonyl (C=O) groups is 1. The Labute approximate surface area is 149 Å². The zero-order valence-electron chi connectivity index (χ0n) is 15.4.